The monoisotopic (exact) mass is 494 g/mol. The minimum atomic E-state index is -5.02. The highest BCUT2D eigenvalue weighted by Crippen LogP contribution is 2.32. The maximum atomic E-state index is 13.8. The van der Waals surface area contributed by atoms with Gasteiger partial charge in [-0.15, -0.1) is 0 Å². The summed E-state index contributed by atoms with van der Waals surface area (Å²) in [6.45, 7) is -0.559. The fraction of sp³-hybridized carbons (Fsp3) is 0.174. The highest BCUT2D eigenvalue weighted by Gasteiger charge is 2.44. The van der Waals surface area contributed by atoms with E-state index in [0.29, 0.717) is 16.0 Å². The van der Waals surface area contributed by atoms with Crippen LogP contribution in [0.3, 0.4) is 0 Å². The molecule has 0 saturated carbocycles. The summed E-state index contributed by atoms with van der Waals surface area (Å²) in [6.07, 6.45) is -5.02. The number of rotatable bonds is 6. The quantitative estimate of drug-likeness (QED) is 0.508. The minimum absolute atomic E-state index is 0.00768. The molecule has 178 valence electrons. The zero-order chi connectivity index (χ0) is 24.5. The van der Waals surface area contributed by atoms with E-state index in [0.717, 1.165) is 17.7 Å². The topological polar surface area (TPSA) is 75.7 Å². The second kappa shape index (κ2) is 8.98. The Morgan fingerprint density at radius 3 is 2.38 bits per heavy atom. The molecule has 4 rings (SSSR count). The molecule has 0 bridgehead atoms. The molecule has 1 aliphatic heterocycles. The van der Waals surface area contributed by atoms with Crippen LogP contribution in [0.25, 0.3) is 0 Å². The fourth-order valence-corrected chi connectivity index (χ4v) is 4.62. The molecule has 0 saturated heterocycles. The minimum Gasteiger partial charge on any atom is -0.487 e. The van der Waals surface area contributed by atoms with Gasteiger partial charge in [-0.3, -0.25) is 9.52 Å². The first-order chi connectivity index (χ1) is 16.0. The molecule has 1 amide bonds. The average Bonchev–Trinajstić information content (AvgIpc) is 3.22. The summed E-state index contributed by atoms with van der Waals surface area (Å²) >= 11 is 0. The van der Waals surface area contributed by atoms with Crippen LogP contribution < -0.4 is 9.46 Å². The lowest BCUT2D eigenvalue weighted by Gasteiger charge is -2.16. The lowest BCUT2D eigenvalue weighted by molar-refractivity contribution is -0.186. The summed E-state index contributed by atoms with van der Waals surface area (Å²) in [4.78, 5) is 11.9. The van der Waals surface area contributed by atoms with E-state index in [1.165, 1.54) is 24.3 Å². The summed E-state index contributed by atoms with van der Waals surface area (Å²) in [5.41, 5.74) is 1.49. The number of halogens is 4. The van der Waals surface area contributed by atoms with Gasteiger partial charge in [0, 0.05) is 19.2 Å². The van der Waals surface area contributed by atoms with E-state index in [9.17, 15) is 30.8 Å². The van der Waals surface area contributed by atoms with Crippen LogP contribution in [0.2, 0.25) is 0 Å². The van der Waals surface area contributed by atoms with Gasteiger partial charge >= 0.3 is 12.1 Å². The largest absolute Gasteiger partial charge is 0.487 e. The number of carbonyl (C=O) groups excluding carboxylic acids is 1. The molecular weight excluding hydrogens is 476 g/mol. The Morgan fingerprint density at radius 2 is 1.68 bits per heavy atom. The van der Waals surface area contributed by atoms with Crippen LogP contribution in [-0.4, -0.2) is 25.4 Å². The van der Waals surface area contributed by atoms with E-state index in [1.54, 1.807) is 24.3 Å². The number of sulfonamides is 1. The van der Waals surface area contributed by atoms with E-state index < -0.39 is 27.9 Å². The van der Waals surface area contributed by atoms with Crippen molar-refractivity contribution in [3.05, 3.63) is 89.2 Å². The van der Waals surface area contributed by atoms with Crippen molar-refractivity contribution in [2.24, 2.45) is 0 Å². The Bertz CT molecular complexity index is 1330. The first-order valence-electron chi connectivity index (χ1n) is 10.00. The van der Waals surface area contributed by atoms with Crippen LogP contribution in [0.5, 0.6) is 5.75 Å². The SMILES string of the molecule is O=C(N1Cc2ccc(S(=O)(=O)Nc3ccc(F)cc3OCc3ccccc3)cc2C1)C(F)(F)F. The molecular formula is C23H18F4N2O4S. The highest BCUT2D eigenvalue weighted by molar-refractivity contribution is 7.92. The highest BCUT2D eigenvalue weighted by atomic mass is 32.2. The third-order valence-electron chi connectivity index (χ3n) is 5.17. The number of nitrogens with zero attached hydrogens (tertiary/aromatic N) is 1. The van der Waals surface area contributed by atoms with E-state index in [-0.39, 0.29) is 36.0 Å². The van der Waals surface area contributed by atoms with Crippen molar-refractivity contribution in [2.75, 3.05) is 4.72 Å². The van der Waals surface area contributed by atoms with Gasteiger partial charge in [0.25, 0.3) is 10.0 Å². The smallest absolute Gasteiger partial charge is 0.471 e. The van der Waals surface area contributed by atoms with E-state index in [2.05, 4.69) is 4.72 Å². The number of anilines is 1. The molecule has 1 heterocycles. The number of ether oxygens (including phenoxy) is 1. The zero-order valence-electron chi connectivity index (χ0n) is 17.5. The van der Waals surface area contributed by atoms with Gasteiger partial charge < -0.3 is 9.64 Å². The molecule has 0 aliphatic carbocycles. The number of fused-ring (bicyclic) bond motifs is 1. The molecule has 0 spiro atoms. The summed E-state index contributed by atoms with van der Waals surface area (Å²) in [5.74, 6) is -2.65. The maximum absolute atomic E-state index is 13.8. The molecule has 11 heteroatoms. The maximum Gasteiger partial charge on any atom is 0.471 e. The van der Waals surface area contributed by atoms with Crippen molar-refractivity contribution in [1.29, 1.82) is 0 Å². The first-order valence-corrected chi connectivity index (χ1v) is 11.5. The van der Waals surface area contributed by atoms with Gasteiger partial charge in [0.15, 0.2) is 0 Å². The molecule has 0 unspecified atom stereocenters. The van der Waals surface area contributed by atoms with E-state index in [4.69, 9.17) is 4.74 Å². The lowest BCUT2D eigenvalue weighted by atomic mass is 10.1. The number of nitrogens with one attached hydrogen (secondary N) is 1. The molecule has 34 heavy (non-hydrogen) atoms. The Labute approximate surface area is 192 Å². The van der Waals surface area contributed by atoms with Gasteiger partial charge in [0.2, 0.25) is 0 Å². The lowest BCUT2D eigenvalue weighted by Crippen LogP contribution is -2.37. The normalized spacial score (nSPS) is 13.5. The van der Waals surface area contributed by atoms with E-state index in [1.807, 2.05) is 6.07 Å². The van der Waals surface area contributed by atoms with Gasteiger partial charge in [-0.25, -0.2) is 12.8 Å². The van der Waals surface area contributed by atoms with Crippen LogP contribution in [-0.2, 0) is 34.5 Å². The van der Waals surface area contributed by atoms with Crippen molar-refractivity contribution in [2.45, 2.75) is 30.8 Å². The van der Waals surface area contributed by atoms with Crippen LogP contribution in [0.4, 0.5) is 23.2 Å². The fourth-order valence-electron chi connectivity index (χ4n) is 3.50. The number of hydrogen-bond donors (Lipinski definition) is 1. The van der Waals surface area contributed by atoms with Crippen LogP contribution >= 0.6 is 0 Å². The molecule has 0 aromatic heterocycles. The Hall–Kier alpha value is -3.60. The predicted octanol–water partition coefficient (Wildman–Crippen LogP) is 4.61. The summed E-state index contributed by atoms with van der Waals surface area (Å²) in [6, 6.07) is 16.1. The van der Waals surface area contributed by atoms with Gasteiger partial charge in [0.1, 0.15) is 18.2 Å². The standard InChI is InChI=1S/C23H18F4N2O4S/c24-18-7-9-20(21(11-18)33-14-15-4-2-1-3-5-15)28-34(31,32)19-8-6-16-12-29(13-17(16)10-19)22(30)23(25,26)27/h1-11,28H,12-14H2. The van der Waals surface area contributed by atoms with Crippen LogP contribution in [0.15, 0.2) is 71.6 Å². The van der Waals surface area contributed by atoms with Crippen LogP contribution in [0, 0.1) is 5.82 Å². The summed E-state index contributed by atoms with van der Waals surface area (Å²) in [7, 11) is -4.20. The van der Waals surface area contributed by atoms with Crippen molar-refractivity contribution in [3.63, 3.8) is 0 Å². The number of alkyl halides is 3. The summed E-state index contributed by atoms with van der Waals surface area (Å²) in [5, 5.41) is 0. The second-order valence-electron chi connectivity index (χ2n) is 7.61. The number of benzene rings is 3. The van der Waals surface area contributed by atoms with Crippen molar-refractivity contribution >= 4 is 21.6 Å². The number of amides is 1. The van der Waals surface area contributed by atoms with Crippen molar-refractivity contribution in [3.8, 4) is 5.75 Å². The predicted molar refractivity (Wildman–Crippen MR) is 115 cm³/mol. The zero-order valence-corrected chi connectivity index (χ0v) is 18.3. The summed E-state index contributed by atoms with van der Waals surface area (Å²) < 4.78 is 85.9. The molecule has 3 aromatic rings. The average molecular weight is 494 g/mol. The Balaban J connectivity index is 1.54. The van der Waals surface area contributed by atoms with Gasteiger partial charge in [-0.1, -0.05) is 36.4 Å². The van der Waals surface area contributed by atoms with Gasteiger partial charge in [-0.2, -0.15) is 13.2 Å². The molecule has 3 aromatic carbocycles. The molecule has 0 atom stereocenters. The Kier molecular flexibility index (Phi) is 6.22. The molecule has 1 aliphatic rings. The van der Waals surface area contributed by atoms with Gasteiger partial charge in [-0.05, 0) is 41.0 Å². The van der Waals surface area contributed by atoms with E-state index >= 15 is 0 Å². The van der Waals surface area contributed by atoms with Crippen molar-refractivity contribution in [1.82, 2.24) is 4.90 Å². The molecule has 0 radical (unpaired) electrons. The number of carbonyl (C=O) groups is 1. The number of hydrogen-bond acceptors (Lipinski definition) is 4. The first kappa shape index (κ1) is 23.6. The molecule has 6 nitrogen and oxygen atoms in total. The van der Waals surface area contributed by atoms with Gasteiger partial charge in [0.05, 0.1) is 10.6 Å². The molecule has 0 fully saturated rings. The molecule has 1 N–H and O–H groups in total. The third-order valence-corrected chi connectivity index (χ3v) is 6.53. The van der Waals surface area contributed by atoms with Crippen molar-refractivity contribution < 1.29 is 35.5 Å². The Morgan fingerprint density at radius 1 is 0.971 bits per heavy atom. The van der Waals surface area contributed by atoms with Crippen LogP contribution in [0.1, 0.15) is 16.7 Å². The third kappa shape index (κ3) is 5.14. The second-order valence-corrected chi connectivity index (χ2v) is 9.29.